The first kappa shape index (κ1) is 20.5. The summed E-state index contributed by atoms with van der Waals surface area (Å²) in [6.07, 6.45) is 0. The van der Waals surface area contributed by atoms with Crippen LogP contribution in [0.5, 0.6) is 0 Å². The monoisotopic (exact) mass is 333 g/mol. The first-order valence-corrected chi connectivity index (χ1v) is 7.71. The van der Waals surface area contributed by atoms with Crippen LogP contribution in [-0.4, -0.2) is 37.2 Å². The van der Waals surface area contributed by atoms with Gasteiger partial charge in [0.15, 0.2) is 0 Å². The number of rotatable bonds is 4. The van der Waals surface area contributed by atoms with E-state index >= 15 is 0 Å². The van der Waals surface area contributed by atoms with E-state index in [1.807, 2.05) is 18.2 Å². The summed E-state index contributed by atoms with van der Waals surface area (Å²) >= 11 is 0. The fraction of sp³-hybridized carbons (Fsp3) is 0.308. The number of phosphoric ester groups is 1. The minimum absolute atomic E-state index is 0.0826. The van der Waals surface area contributed by atoms with Gasteiger partial charge in [0.05, 0.1) is 13.2 Å². The average Bonchev–Trinajstić information content (AvgIpc) is 2.49. The minimum Gasteiger partial charge on any atom is -0.423 e. The Balaban J connectivity index is 0.000000369. The second kappa shape index (κ2) is 11.1. The van der Waals surface area contributed by atoms with Crippen molar-refractivity contribution in [1.82, 2.24) is 0 Å². The number of hydrogen-bond donors (Lipinski definition) is 3. The molecule has 0 fully saturated rings. The lowest BCUT2D eigenvalue weighted by molar-refractivity contribution is 0.120. The normalized spacial score (nSPS) is 10.2. The fourth-order valence-electron chi connectivity index (χ4n) is 1.25. The zero-order chi connectivity index (χ0) is 17.0. The highest BCUT2D eigenvalue weighted by molar-refractivity contribution is 7.46. The molecule has 0 spiro atoms. The van der Waals surface area contributed by atoms with Crippen molar-refractivity contribution in [1.29, 1.82) is 0 Å². The lowest BCUT2D eigenvalue weighted by Gasteiger charge is -2.02. The van der Waals surface area contributed by atoms with Crippen molar-refractivity contribution in [2.24, 2.45) is 5.73 Å². The largest absolute Gasteiger partial charge is 0.469 e. The molecule has 0 radical (unpaired) electrons. The van der Waals surface area contributed by atoms with Crippen LogP contribution in [0.3, 0.4) is 0 Å². The predicted octanol–water partition coefficient (Wildman–Crippen LogP) is 1.11. The van der Waals surface area contributed by atoms with Gasteiger partial charge in [-0.2, -0.15) is 0 Å². The van der Waals surface area contributed by atoms with E-state index in [0.29, 0.717) is 5.58 Å². The van der Waals surface area contributed by atoms with E-state index in [-0.39, 0.29) is 18.8 Å². The number of ether oxygens (including phenoxy) is 1. The van der Waals surface area contributed by atoms with Crippen molar-refractivity contribution in [2.75, 3.05) is 27.4 Å². The molecule has 0 amide bonds. The van der Waals surface area contributed by atoms with E-state index in [1.54, 1.807) is 12.1 Å². The highest BCUT2D eigenvalue weighted by atomic mass is 31.2. The molecule has 2 aromatic rings. The van der Waals surface area contributed by atoms with Crippen LogP contribution in [0.1, 0.15) is 0 Å². The lowest BCUT2D eigenvalue weighted by atomic mass is 10.2. The Morgan fingerprint density at radius 3 is 2.36 bits per heavy atom. The molecule has 0 aliphatic carbocycles. The van der Waals surface area contributed by atoms with Gasteiger partial charge in [-0.1, -0.05) is 18.2 Å². The van der Waals surface area contributed by atoms with Crippen molar-refractivity contribution in [3.63, 3.8) is 0 Å². The van der Waals surface area contributed by atoms with Gasteiger partial charge in [-0.15, -0.1) is 0 Å². The smallest absolute Gasteiger partial charge is 0.423 e. The Morgan fingerprint density at radius 2 is 1.77 bits per heavy atom. The van der Waals surface area contributed by atoms with Crippen LogP contribution < -0.4 is 11.4 Å². The highest BCUT2D eigenvalue weighted by Crippen LogP contribution is 2.35. The van der Waals surface area contributed by atoms with Gasteiger partial charge in [-0.05, 0) is 19.2 Å². The van der Waals surface area contributed by atoms with E-state index in [9.17, 15) is 9.36 Å². The average molecular weight is 333 g/mol. The summed E-state index contributed by atoms with van der Waals surface area (Å²) in [5.74, 6) is 0. The maximum absolute atomic E-state index is 10.7. The highest BCUT2D eigenvalue weighted by Gasteiger charge is 2.11. The SMILES string of the molecule is CN.COCCOP(=O)(O)O.O=c1ccc2ccccc2o1. The number of para-hydroxylation sites is 1. The Bertz CT molecular complexity index is 637. The van der Waals surface area contributed by atoms with Crippen LogP contribution >= 0.6 is 7.82 Å². The number of nitrogens with two attached hydrogens (primary N) is 1. The Kier molecular flexibility index (Phi) is 10.3. The lowest BCUT2D eigenvalue weighted by Crippen LogP contribution is -1.99. The number of fused-ring (bicyclic) bond motifs is 1. The molecule has 0 unspecified atom stereocenters. The van der Waals surface area contributed by atoms with E-state index < -0.39 is 7.82 Å². The molecule has 124 valence electrons. The van der Waals surface area contributed by atoms with E-state index in [2.05, 4.69) is 15.0 Å². The Labute approximate surface area is 127 Å². The van der Waals surface area contributed by atoms with Crippen LogP contribution in [-0.2, 0) is 13.8 Å². The Hall–Kier alpha value is -1.54. The number of hydrogen-bond acceptors (Lipinski definition) is 6. The van der Waals surface area contributed by atoms with Crippen molar-refractivity contribution in [2.45, 2.75) is 0 Å². The van der Waals surface area contributed by atoms with Gasteiger partial charge in [0, 0.05) is 18.6 Å². The minimum atomic E-state index is -4.28. The topological polar surface area (TPSA) is 132 Å². The molecule has 0 aliphatic heterocycles. The van der Waals surface area contributed by atoms with Crippen LogP contribution in [0.2, 0.25) is 0 Å². The molecule has 22 heavy (non-hydrogen) atoms. The summed E-state index contributed by atoms with van der Waals surface area (Å²) in [5, 5.41) is 0.951. The third-order valence-electron chi connectivity index (χ3n) is 2.08. The summed E-state index contributed by atoms with van der Waals surface area (Å²) in [6, 6.07) is 10.6. The van der Waals surface area contributed by atoms with Crippen LogP contribution in [0.25, 0.3) is 11.0 Å². The van der Waals surface area contributed by atoms with Crippen LogP contribution in [0.4, 0.5) is 0 Å². The first-order valence-electron chi connectivity index (χ1n) is 6.18. The van der Waals surface area contributed by atoms with Crippen molar-refractivity contribution >= 4 is 18.8 Å². The molecule has 4 N–H and O–H groups in total. The van der Waals surface area contributed by atoms with Gasteiger partial charge < -0.3 is 24.7 Å². The molecule has 9 heteroatoms. The van der Waals surface area contributed by atoms with Gasteiger partial charge in [0.25, 0.3) is 0 Å². The predicted molar refractivity (Wildman–Crippen MR) is 82.5 cm³/mol. The molecule has 0 aliphatic rings. The van der Waals surface area contributed by atoms with Crippen molar-refractivity contribution in [3.05, 3.63) is 46.8 Å². The van der Waals surface area contributed by atoms with E-state index in [0.717, 1.165) is 5.39 Å². The third-order valence-corrected chi connectivity index (χ3v) is 2.59. The number of benzene rings is 1. The maximum Gasteiger partial charge on any atom is 0.469 e. The molecular formula is C13H20NO7P. The van der Waals surface area contributed by atoms with Gasteiger partial charge >= 0.3 is 13.4 Å². The molecule has 0 saturated heterocycles. The van der Waals surface area contributed by atoms with E-state index in [1.165, 1.54) is 20.2 Å². The summed E-state index contributed by atoms with van der Waals surface area (Å²) < 4.78 is 23.3. The second-order valence-electron chi connectivity index (χ2n) is 3.61. The Morgan fingerprint density at radius 1 is 1.14 bits per heavy atom. The fourth-order valence-corrected chi connectivity index (χ4v) is 1.56. The zero-order valence-corrected chi connectivity index (χ0v) is 13.2. The maximum atomic E-state index is 10.7. The van der Waals surface area contributed by atoms with Crippen LogP contribution in [0, 0.1) is 0 Å². The van der Waals surface area contributed by atoms with Crippen molar-refractivity contribution in [3.8, 4) is 0 Å². The molecular weight excluding hydrogens is 313 g/mol. The van der Waals surface area contributed by atoms with Gasteiger partial charge in [-0.25, -0.2) is 9.36 Å². The molecule has 8 nitrogen and oxygen atoms in total. The molecule has 0 atom stereocenters. The number of methoxy groups -OCH3 is 1. The zero-order valence-electron chi connectivity index (χ0n) is 12.3. The molecule has 0 saturated carbocycles. The molecule has 0 bridgehead atoms. The number of phosphoric acid groups is 1. The van der Waals surface area contributed by atoms with Crippen molar-refractivity contribution < 1.29 is 28.0 Å². The third kappa shape index (κ3) is 9.41. The summed E-state index contributed by atoms with van der Waals surface area (Å²) in [7, 11) is -1.36. The van der Waals surface area contributed by atoms with Gasteiger partial charge in [0.2, 0.25) is 0 Å². The quantitative estimate of drug-likeness (QED) is 0.430. The second-order valence-corrected chi connectivity index (χ2v) is 4.85. The molecule has 2 rings (SSSR count). The first-order chi connectivity index (χ1) is 10.4. The molecule has 1 aromatic heterocycles. The van der Waals surface area contributed by atoms with E-state index in [4.69, 9.17) is 14.2 Å². The summed E-state index contributed by atoms with van der Waals surface area (Å²) in [6.45, 7) is 0.103. The summed E-state index contributed by atoms with van der Waals surface area (Å²) in [5.41, 5.74) is 4.84. The van der Waals surface area contributed by atoms with Gasteiger partial charge in [0.1, 0.15) is 5.58 Å². The van der Waals surface area contributed by atoms with Gasteiger partial charge in [-0.3, -0.25) is 4.52 Å². The molecule has 1 heterocycles. The molecule has 1 aromatic carbocycles. The van der Waals surface area contributed by atoms with Crippen LogP contribution in [0.15, 0.2) is 45.6 Å². The summed E-state index contributed by atoms with van der Waals surface area (Å²) in [4.78, 5) is 26.9. The standard InChI is InChI=1S/C9H6O2.C3H9O5P.CH5N/c10-9-6-5-7-3-1-2-4-8(7)11-9;1-7-2-3-8-9(4,5)6;1-2/h1-6H;2-3H2,1H3,(H2,4,5,6);2H2,1H3.